The Kier molecular flexibility index (Phi) is 7.44. The van der Waals surface area contributed by atoms with Crippen LogP contribution >= 0.6 is 0 Å². The number of ketones is 1. The van der Waals surface area contributed by atoms with Crippen molar-refractivity contribution in [2.24, 2.45) is 0 Å². The Labute approximate surface area is 184 Å². The number of carbonyl (C=O) groups excluding carboxylic acids is 1. The highest BCUT2D eigenvalue weighted by Gasteiger charge is 2.10. The van der Waals surface area contributed by atoms with Crippen molar-refractivity contribution < 1.29 is 32.5 Å². The minimum absolute atomic E-state index is 0.00295. The first kappa shape index (κ1) is 22.8. The Bertz CT molecular complexity index is 1140. The van der Waals surface area contributed by atoms with Crippen LogP contribution in [0.2, 0.25) is 0 Å². The van der Waals surface area contributed by atoms with Crippen molar-refractivity contribution in [2.45, 2.75) is 6.61 Å². The quantitative estimate of drug-likeness (QED) is 0.326. The standard InChI is InChI=1S/C25H22F2O5/c1-29-22-9-5-16(12-18(22)15-32-23-11-7-19(26)14-20(23)27)4-8-21(28)17-6-10-24(30-2)25(13-17)31-3/h4-14H,15H2,1-3H3/b8-4+. The summed E-state index contributed by atoms with van der Waals surface area (Å²) in [5.41, 5.74) is 1.80. The van der Waals surface area contributed by atoms with Gasteiger partial charge in [0.1, 0.15) is 18.2 Å². The molecule has 0 N–H and O–H groups in total. The first-order valence-corrected chi connectivity index (χ1v) is 9.64. The molecule has 166 valence electrons. The van der Waals surface area contributed by atoms with Crippen LogP contribution < -0.4 is 18.9 Å². The molecule has 0 heterocycles. The molecule has 0 aromatic heterocycles. The van der Waals surface area contributed by atoms with Crippen LogP contribution in [0.15, 0.2) is 60.7 Å². The average molecular weight is 440 g/mol. The fraction of sp³-hybridized carbons (Fsp3) is 0.160. The minimum Gasteiger partial charge on any atom is -0.496 e. The molecule has 0 saturated heterocycles. The van der Waals surface area contributed by atoms with Gasteiger partial charge in [0.15, 0.2) is 28.8 Å². The SMILES string of the molecule is COc1ccc(/C=C/C(=O)c2ccc(OC)c(OC)c2)cc1COc1ccc(F)cc1F. The first-order chi connectivity index (χ1) is 15.4. The lowest BCUT2D eigenvalue weighted by Crippen LogP contribution is -2.01. The van der Waals surface area contributed by atoms with Crippen molar-refractivity contribution in [3.63, 3.8) is 0 Å². The zero-order chi connectivity index (χ0) is 23.1. The predicted molar refractivity (Wildman–Crippen MR) is 117 cm³/mol. The van der Waals surface area contributed by atoms with E-state index in [0.717, 1.165) is 17.7 Å². The summed E-state index contributed by atoms with van der Waals surface area (Å²) in [6, 6.07) is 13.3. The minimum atomic E-state index is -0.791. The number of carbonyl (C=O) groups is 1. The molecule has 0 spiro atoms. The third-order valence-electron chi connectivity index (χ3n) is 4.68. The molecule has 0 radical (unpaired) electrons. The summed E-state index contributed by atoms with van der Waals surface area (Å²) >= 11 is 0. The van der Waals surface area contributed by atoms with Gasteiger partial charge in [-0.25, -0.2) is 8.78 Å². The van der Waals surface area contributed by atoms with E-state index in [9.17, 15) is 13.6 Å². The van der Waals surface area contributed by atoms with Crippen LogP contribution in [0.3, 0.4) is 0 Å². The Balaban J connectivity index is 1.77. The van der Waals surface area contributed by atoms with Gasteiger partial charge in [0.05, 0.1) is 21.3 Å². The van der Waals surface area contributed by atoms with Gasteiger partial charge in [0.2, 0.25) is 0 Å². The largest absolute Gasteiger partial charge is 0.496 e. The summed E-state index contributed by atoms with van der Waals surface area (Å²) in [4.78, 5) is 12.6. The second-order valence-electron chi connectivity index (χ2n) is 6.70. The summed E-state index contributed by atoms with van der Waals surface area (Å²) < 4.78 is 48.1. The maximum absolute atomic E-state index is 13.8. The van der Waals surface area contributed by atoms with Crippen LogP contribution in [0.5, 0.6) is 23.0 Å². The predicted octanol–water partition coefficient (Wildman–Crippen LogP) is 5.47. The third kappa shape index (κ3) is 5.43. The Morgan fingerprint density at radius 3 is 2.19 bits per heavy atom. The third-order valence-corrected chi connectivity index (χ3v) is 4.68. The van der Waals surface area contributed by atoms with E-state index < -0.39 is 11.6 Å². The van der Waals surface area contributed by atoms with Crippen LogP contribution in [-0.2, 0) is 6.61 Å². The van der Waals surface area contributed by atoms with Crippen molar-refractivity contribution in [2.75, 3.05) is 21.3 Å². The monoisotopic (exact) mass is 440 g/mol. The van der Waals surface area contributed by atoms with Crippen molar-refractivity contribution in [3.05, 3.63) is 89.0 Å². The van der Waals surface area contributed by atoms with Gasteiger partial charge in [-0.2, -0.15) is 0 Å². The molecule has 3 aromatic carbocycles. The van der Waals surface area contributed by atoms with Crippen LogP contribution in [0.1, 0.15) is 21.5 Å². The molecule has 0 bridgehead atoms. The van der Waals surface area contributed by atoms with Crippen molar-refractivity contribution >= 4 is 11.9 Å². The van der Waals surface area contributed by atoms with E-state index in [1.165, 1.54) is 33.5 Å². The Morgan fingerprint density at radius 2 is 1.50 bits per heavy atom. The first-order valence-electron chi connectivity index (χ1n) is 9.64. The topological polar surface area (TPSA) is 54.0 Å². The molecule has 5 nitrogen and oxygen atoms in total. The van der Waals surface area contributed by atoms with Gasteiger partial charge in [-0.1, -0.05) is 12.1 Å². The fourth-order valence-corrected chi connectivity index (χ4v) is 3.02. The number of rotatable bonds is 9. The molecule has 0 aliphatic carbocycles. The lowest BCUT2D eigenvalue weighted by molar-refractivity contribution is 0.104. The number of halogens is 2. The van der Waals surface area contributed by atoms with Gasteiger partial charge < -0.3 is 18.9 Å². The normalized spacial score (nSPS) is 10.8. The van der Waals surface area contributed by atoms with E-state index >= 15 is 0 Å². The summed E-state index contributed by atoms with van der Waals surface area (Å²) in [5, 5.41) is 0. The number of ether oxygens (including phenoxy) is 4. The molecule has 0 saturated carbocycles. The Morgan fingerprint density at radius 1 is 0.812 bits per heavy atom. The zero-order valence-electron chi connectivity index (χ0n) is 17.9. The van der Waals surface area contributed by atoms with Gasteiger partial charge in [-0.3, -0.25) is 4.79 Å². The molecule has 0 unspecified atom stereocenters. The van der Waals surface area contributed by atoms with Gasteiger partial charge in [0.25, 0.3) is 0 Å². The van der Waals surface area contributed by atoms with Crippen molar-refractivity contribution in [1.29, 1.82) is 0 Å². The second kappa shape index (κ2) is 10.4. The van der Waals surface area contributed by atoms with Gasteiger partial charge in [0, 0.05) is 17.2 Å². The van der Waals surface area contributed by atoms with Crippen molar-refractivity contribution in [3.8, 4) is 23.0 Å². The van der Waals surface area contributed by atoms with E-state index in [-0.39, 0.29) is 18.1 Å². The lowest BCUT2D eigenvalue weighted by Gasteiger charge is -2.12. The molecule has 3 rings (SSSR count). The van der Waals surface area contributed by atoms with E-state index in [1.807, 2.05) is 0 Å². The smallest absolute Gasteiger partial charge is 0.185 e. The molecule has 0 atom stereocenters. The van der Waals surface area contributed by atoms with E-state index in [2.05, 4.69) is 0 Å². The van der Waals surface area contributed by atoms with Crippen LogP contribution in [0.4, 0.5) is 8.78 Å². The summed E-state index contributed by atoms with van der Waals surface area (Å²) in [6.45, 7) is -0.00295. The number of hydrogen-bond acceptors (Lipinski definition) is 5. The molecule has 0 aliphatic heterocycles. The molecule has 32 heavy (non-hydrogen) atoms. The average Bonchev–Trinajstić information content (AvgIpc) is 2.81. The van der Waals surface area contributed by atoms with Gasteiger partial charge in [-0.15, -0.1) is 0 Å². The van der Waals surface area contributed by atoms with Crippen LogP contribution in [0, 0.1) is 11.6 Å². The molecular weight excluding hydrogens is 418 g/mol. The lowest BCUT2D eigenvalue weighted by atomic mass is 10.1. The maximum atomic E-state index is 13.8. The number of benzene rings is 3. The Hall–Kier alpha value is -3.87. The molecule has 0 aliphatic rings. The van der Waals surface area contributed by atoms with E-state index in [4.69, 9.17) is 18.9 Å². The molecule has 0 amide bonds. The zero-order valence-corrected chi connectivity index (χ0v) is 17.9. The molecule has 3 aromatic rings. The number of allylic oxidation sites excluding steroid dienone is 1. The fourth-order valence-electron chi connectivity index (χ4n) is 3.02. The van der Waals surface area contributed by atoms with E-state index in [0.29, 0.717) is 28.4 Å². The van der Waals surface area contributed by atoms with Crippen LogP contribution in [-0.4, -0.2) is 27.1 Å². The van der Waals surface area contributed by atoms with Crippen LogP contribution in [0.25, 0.3) is 6.08 Å². The summed E-state index contributed by atoms with van der Waals surface area (Å²) in [6.07, 6.45) is 3.09. The molecular formula is C25H22F2O5. The van der Waals surface area contributed by atoms with E-state index in [1.54, 1.807) is 42.5 Å². The summed E-state index contributed by atoms with van der Waals surface area (Å²) in [5.74, 6) is -0.227. The number of methoxy groups -OCH3 is 3. The van der Waals surface area contributed by atoms with Crippen molar-refractivity contribution in [1.82, 2.24) is 0 Å². The highest BCUT2D eigenvalue weighted by molar-refractivity contribution is 6.07. The molecule has 7 heteroatoms. The molecule has 0 fully saturated rings. The van der Waals surface area contributed by atoms with Gasteiger partial charge >= 0.3 is 0 Å². The van der Waals surface area contributed by atoms with Gasteiger partial charge in [-0.05, 0) is 54.1 Å². The number of hydrogen-bond donors (Lipinski definition) is 0. The highest BCUT2D eigenvalue weighted by atomic mass is 19.1. The maximum Gasteiger partial charge on any atom is 0.185 e. The highest BCUT2D eigenvalue weighted by Crippen LogP contribution is 2.28. The summed E-state index contributed by atoms with van der Waals surface area (Å²) in [7, 11) is 4.53. The second-order valence-corrected chi connectivity index (χ2v) is 6.70.